The van der Waals surface area contributed by atoms with Crippen molar-refractivity contribution in [2.45, 2.75) is 33.1 Å². The van der Waals surface area contributed by atoms with Crippen LogP contribution in [-0.4, -0.2) is 30.1 Å². The van der Waals surface area contributed by atoms with Crippen LogP contribution in [0.5, 0.6) is 0 Å². The first kappa shape index (κ1) is 16.8. The molecule has 0 aliphatic carbocycles. The lowest BCUT2D eigenvalue weighted by Gasteiger charge is -2.06. The van der Waals surface area contributed by atoms with Crippen LogP contribution in [0.25, 0.3) is 11.1 Å². The fraction of sp³-hybridized carbons (Fsp3) is 0.438. The number of ether oxygens (including phenoxy) is 1. The summed E-state index contributed by atoms with van der Waals surface area (Å²) in [5.41, 5.74) is 2.04. The van der Waals surface area contributed by atoms with Crippen LogP contribution in [0.4, 0.5) is 10.5 Å². The molecule has 0 spiro atoms. The number of fused-ring (bicyclic) bond motifs is 1. The summed E-state index contributed by atoms with van der Waals surface area (Å²) in [4.78, 5) is 27.4. The Balaban J connectivity index is 1.90. The lowest BCUT2D eigenvalue weighted by molar-refractivity contribution is -0.116. The SMILES string of the molecule is CCOC(=O)NCCC(=O)Nc1ccc2oc(C(C)C)nc2c1. The molecule has 0 saturated heterocycles. The number of nitrogens with zero attached hydrogens (tertiary/aromatic N) is 1. The quantitative estimate of drug-likeness (QED) is 0.853. The minimum atomic E-state index is -0.523. The number of alkyl carbamates (subject to hydrolysis) is 1. The second-order valence-corrected chi connectivity index (χ2v) is 5.33. The number of rotatable bonds is 6. The molecule has 0 aliphatic heterocycles. The molecule has 2 rings (SSSR count). The van der Waals surface area contributed by atoms with Crippen molar-refractivity contribution in [1.82, 2.24) is 10.3 Å². The highest BCUT2D eigenvalue weighted by atomic mass is 16.5. The van der Waals surface area contributed by atoms with Crippen LogP contribution < -0.4 is 10.6 Å². The number of hydrogen-bond acceptors (Lipinski definition) is 5. The maximum Gasteiger partial charge on any atom is 0.407 e. The normalized spacial score (nSPS) is 10.8. The van der Waals surface area contributed by atoms with Crippen LogP contribution in [-0.2, 0) is 9.53 Å². The van der Waals surface area contributed by atoms with Crippen molar-refractivity contribution in [2.24, 2.45) is 0 Å². The molecule has 0 aliphatic rings. The summed E-state index contributed by atoms with van der Waals surface area (Å²) in [7, 11) is 0. The molecule has 1 aromatic heterocycles. The molecule has 7 heteroatoms. The van der Waals surface area contributed by atoms with Crippen molar-refractivity contribution in [1.29, 1.82) is 0 Å². The lowest BCUT2D eigenvalue weighted by atomic mass is 10.2. The van der Waals surface area contributed by atoms with Crippen molar-refractivity contribution in [3.63, 3.8) is 0 Å². The first-order valence-electron chi connectivity index (χ1n) is 7.60. The zero-order valence-corrected chi connectivity index (χ0v) is 13.5. The van der Waals surface area contributed by atoms with E-state index in [4.69, 9.17) is 9.15 Å². The molecule has 0 unspecified atom stereocenters. The summed E-state index contributed by atoms with van der Waals surface area (Å²) < 4.78 is 10.3. The molecule has 23 heavy (non-hydrogen) atoms. The van der Waals surface area contributed by atoms with Crippen molar-refractivity contribution in [2.75, 3.05) is 18.5 Å². The largest absolute Gasteiger partial charge is 0.450 e. The number of oxazole rings is 1. The standard InChI is InChI=1S/C16H21N3O4/c1-4-22-16(21)17-8-7-14(20)18-11-5-6-13-12(9-11)19-15(23-13)10(2)3/h5-6,9-10H,4,7-8H2,1-3H3,(H,17,21)(H,18,20). The van der Waals surface area contributed by atoms with Crippen LogP contribution in [0.2, 0.25) is 0 Å². The second kappa shape index (κ2) is 7.62. The van der Waals surface area contributed by atoms with E-state index in [9.17, 15) is 9.59 Å². The Bertz CT molecular complexity index is 694. The van der Waals surface area contributed by atoms with Crippen LogP contribution in [0, 0.1) is 0 Å². The van der Waals surface area contributed by atoms with E-state index in [1.54, 1.807) is 25.1 Å². The lowest BCUT2D eigenvalue weighted by Crippen LogP contribution is -2.28. The van der Waals surface area contributed by atoms with Crippen molar-refractivity contribution >= 4 is 28.8 Å². The summed E-state index contributed by atoms with van der Waals surface area (Å²) >= 11 is 0. The molecule has 1 aromatic carbocycles. The van der Waals surface area contributed by atoms with Gasteiger partial charge < -0.3 is 19.8 Å². The Morgan fingerprint density at radius 2 is 2.13 bits per heavy atom. The minimum Gasteiger partial charge on any atom is -0.450 e. The second-order valence-electron chi connectivity index (χ2n) is 5.33. The zero-order valence-electron chi connectivity index (χ0n) is 13.5. The Kier molecular flexibility index (Phi) is 5.56. The Morgan fingerprint density at radius 3 is 2.83 bits per heavy atom. The summed E-state index contributed by atoms with van der Waals surface area (Å²) in [6, 6.07) is 5.30. The van der Waals surface area contributed by atoms with Gasteiger partial charge in [0, 0.05) is 24.6 Å². The number of hydrogen-bond donors (Lipinski definition) is 2. The number of carbonyl (C=O) groups is 2. The summed E-state index contributed by atoms with van der Waals surface area (Å²) in [6.45, 7) is 6.24. The molecule has 0 bridgehead atoms. The van der Waals surface area contributed by atoms with Gasteiger partial charge in [-0.2, -0.15) is 0 Å². The smallest absolute Gasteiger partial charge is 0.407 e. The van der Waals surface area contributed by atoms with Gasteiger partial charge in [0.25, 0.3) is 0 Å². The highest BCUT2D eigenvalue weighted by Gasteiger charge is 2.11. The first-order valence-corrected chi connectivity index (χ1v) is 7.60. The maximum atomic E-state index is 11.9. The van der Waals surface area contributed by atoms with E-state index in [1.165, 1.54) is 0 Å². The van der Waals surface area contributed by atoms with Crippen molar-refractivity contribution in [3.05, 3.63) is 24.1 Å². The highest BCUT2D eigenvalue weighted by molar-refractivity contribution is 5.93. The van der Waals surface area contributed by atoms with E-state index in [2.05, 4.69) is 15.6 Å². The van der Waals surface area contributed by atoms with Crippen LogP contribution >= 0.6 is 0 Å². The number of carbonyl (C=O) groups excluding carboxylic acids is 2. The number of amides is 2. The Hall–Kier alpha value is -2.57. The number of benzene rings is 1. The van der Waals surface area contributed by atoms with Crippen molar-refractivity contribution in [3.8, 4) is 0 Å². The third kappa shape index (κ3) is 4.70. The average molecular weight is 319 g/mol. The molecule has 124 valence electrons. The van der Waals surface area contributed by atoms with E-state index >= 15 is 0 Å². The summed E-state index contributed by atoms with van der Waals surface area (Å²) in [6.07, 6.45) is -0.363. The van der Waals surface area contributed by atoms with Gasteiger partial charge in [0.15, 0.2) is 11.5 Å². The van der Waals surface area contributed by atoms with Gasteiger partial charge in [0.05, 0.1) is 6.61 Å². The molecule has 0 radical (unpaired) electrons. The third-order valence-corrected chi connectivity index (χ3v) is 3.08. The number of aromatic nitrogens is 1. The van der Waals surface area contributed by atoms with Gasteiger partial charge in [-0.05, 0) is 25.1 Å². The van der Waals surface area contributed by atoms with E-state index in [0.717, 1.165) is 0 Å². The molecule has 0 fully saturated rings. The Labute approximate surface area is 134 Å². The van der Waals surface area contributed by atoms with E-state index in [-0.39, 0.29) is 24.8 Å². The molecule has 1 heterocycles. The van der Waals surface area contributed by atoms with Crippen molar-refractivity contribution < 1.29 is 18.7 Å². The van der Waals surface area contributed by atoms with Gasteiger partial charge >= 0.3 is 6.09 Å². The Morgan fingerprint density at radius 1 is 1.35 bits per heavy atom. The van der Waals surface area contributed by atoms with Gasteiger partial charge in [-0.15, -0.1) is 0 Å². The first-order chi connectivity index (χ1) is 11.0. The minimum absolute atomic E-state index is 0.160. The van der Waals surface area contributed by atoms with Crippen LogP contribution in [0.1, 0.15) is 39.0 Å². The topological polar surface area (TPSA) is 93.5 Å². The molecular formula is C16H21N3O4. The van der Waals surface area contributed by atoms with Crippen LogP contribution in [0.3, 0.4) is 0 Å². The van der Waals surface area contributed by atoms with Gasteiger partial charge in [-0.1, -0.05) is 13.8 Å². The van der Waals surface area contributed by atoms with Gasteiger partial charge in [0.2, 0.25) is 5.91 Å². The molecule has 2 amide bonds. The molecular weight excluding hydrogens is 298 g/mol. The fourth-order valence-electron chi connectivity index (χ4n) is 1.95. The van der Waals surface area contributed by atoms with Crippen LogP contribution in [0.15, 0.2) is 22.6 Å². The molecule has 7 nitrogen and oxygen atoms in total. The zero-order chi connectivity index (χ0) is 16.8. The van der Waals surface area contributed by atoms with E-state index < -0.39 is 6.09 Å². The van der Waals surface area contributed by atoms with Gasteiger partial charge in [0.1, 0.15) is 5.52 Å². The average Bonchev–Trinajstić information content (AvgIpc) is 2.91. The molecule has 0 atom stereocenters. The highest BCUT2D eigenvalue weighted by Crippen LogP contribution is 2.23. The molecule has 2 aromatic rings. The number of anilines is 1. The molecule has 2 N–H and O–H groups in total. The number of nitrogens with one attached hydrogen (secondary N) is 2. The fourth-order valence-corrected chi connectivity index (χ4v) is 1.95. The monoisotopic (exact) mass is 319 g/mol. The summed E-state index contributed by atoms with van der Waals surface area (Å²) in [5, 5.41) is 5.26. The maximum absolute atomic E-state index is 11.9. The van der Waals surface area contributed by atoms with Gasteiger partial charge in [-0.3, -0.25) is 4.79 Å². The van der Waals surface area contributed by atoms with E-state index in [1.807, 2.05) is 13.8 Å². The summed E-state index contributed by atoms with van der Waals surface area (Å²) in [5.74, 6) is 0.672. The van der Waals surface area contributed by atoms with E-state index in [0.29, 0.717) is 29.3 Å². The third-order valence-electron chi connectivity index (χ3n) is 3.08. The predicted octanol–water partition coefficient (Wildman–Crippen LogP) is 3.03. The predicted molar refractivity (Wildman–Crippen MR) is 86.4 cm³/mol. The van der Waals surface area contributed by atoms with Gasteiger partial charge in [-0.25, -0.2) is 9.78 Å². The molecule has 0 saturated carbocycles.